The first-order valence-electron chi connectivity index (χ1n) is 14.3. The normalized spacial score (nSPS) is 22.6. The molecule has 0 unspecified atom stereocenters. The summed E-state index contributed by atoms with van der Waals surface area (Å²) in [6, 6.07) is 10.00. The standard InChI is InChI=1S/C16H19FN2O3.C14H17FN2O2/c1-2-21-15(20)10-3-6-12(7-4-10)18-16-19-13-8-5-11(17)9-14(13)22-16;15-10-3-6-12-13(7-10)19-14(17-12)16-11-4-1-9(8-18)2-5-11/h5,8-10,12H,2-4,6-7H2,1H3,(H,18,19);3,6-7,9,11,18H,1-2,4-5,8H2,(H,16,17). The highest BCUT2D eigenvalue weighted by Gasteiger charge is 2.28. The highest BCUT2D eigenvalue weighted by atomic mass is 19.1. The molecule has 0 bridgehead atoms. The molecule has 9 nitrogen and oxygen atoms in total. The molecule has 2 fully saturated rings. The van der Waals surface area contributed by atoms with E-state index in [0.717, 1.165) is 51.4 Å². The predicted molar refractivity (Wildman–Crippen MR) is 150 cm³/mol. The fourth-order valence-electron chi connectivity index (χ4n) is 5.49. The number of anilines is 2. The van der Waals surface area contributed by atoms with E-state index >= 15 is 0 Å². The lowest BCUT2D eigenvalue weighted by molar-refractivity contribution is -0.149. The molecule has 0 amide bonds. The predicted octanol–water partition coefficient (Wildman–Crippen LogP) is 6.43. The Morgan fingerprint density at radius 2 is 1.34 bits per heavy atom. The molecule has 0 radical (unpaired) electrons. The van der Waals surface area contributed by atoms with E-state index in [-0.39, 0.29) is 36.2 Å². The van der Waals surface area contributed by atoms with Crippen LogP contribution in [0.5, 0.6) is 0 Å². The van der Waals surface area contributed by atoms with E-state index in [2.05, 4.69) is 20.6 Å². The molecule has 220 valence electrons. The monoisotopic (exact) mass is 570 g/mol. The SMILES string of the molecule is CCOC(=O)C1CCC(Nc2nc3ccc(F)cc3o2)CC1.OCC1CCC(Nc2nc3ccc(F)cc3o2)CC1. The molecule has 2 saturated carbocycles. The summed E-state index contributed by atoms with van der Waals surface area (Å²) < 4.78 is 42.3. The van der Waals surface area contributed by atoms with E-state index in [9.17, 15) is 13.6 Å². The van der Waals surface area contributed by atoms with Gasteiger partial charge in [0, 0.05) is 30.8 Å². The van der Waals surface area contributed by atoms with Crippen LogP contribution < -0.4 is 10.6 Å². The van der Waals surface area contributed by atoms with Crippen LogP contribution >= 0.6 is 0 Å². The van der Waals surface area contributed by atoms with Gasteiger partial charge in [-0.3, -0.25) is 4.79 Å². The second kappa shape index (κ2) is 13.3. The van der Waals surface area contributed by atoms with Gasteiger partial charge in [-0.05, 0) is 88.5 Å². The molecule has 6 rings (SSSR count). The number of hydrogen-bond donors (Lipinski definition) is 3. The summed E-state index contributed by atoms with van der Waals surface area (Å²) in [7, 11) is 0. The molecular formula is C30H36F2N4O5. The number of nitrogens with one attached hydrogen (secondary N) is 2. The smallest absolute Gasteiger partial charge is 0.308 e. The van der Waals surface area contributed by atoms with Gasteiger partial charge in [0.2, 0.25) is 0 Å². The Morgan fingerprint density at radius 3 is 1.80 bits per heavy atom. The second-order valence-electron chi connectivity index (χ2n) is 10.8. The molecule has 2 aliphatic carbocycles. The third-order valence-corrected chi connectivity index (χ3v) is 7.81. The first kappa shape index (κ1) is 28.8. The van der Waals surface area contributed by atoms with Crippen molar-refractivity contribution in [1.82, 2.24) is 9.97 Å². The number of carbonyl (C=O) groups is 1. The van der Waals surface area contributed by atoms with Crippen LogP contribution in [0.2, 0.25) is 0 Å². The van der Waals surface area contributed by atoms with Gasteiger partial charge in [0.25, 0.3) is 12.0 Å². The van der Waals surface area contributed by atoms with E-state index < -0.39 is 0 Å². The van der Waals surface area contributed by atoms with E-state index in [4.69, 9.17) is 18.7 Å². The molecule has 41 heavy (non-hydrogen) atoms. The van der Waals surface area contributed by atoms with Gasteiger partial charge in [0.15, 0.2) is 11.2 Å². The van der Waals surface area contributed by atoms with Crippen molar-refractivity contribution >= 4 is 40.2 Å². The minimum Gasteiger partial charge on any atom is -0.466 e. The van der Waals surface area contributed by atoms with Crippen molar-refractivity contribution in [2.75, 3.05) is 23.8 Å². The van der Waals surface area contributed by atoms with Crippen LogP contribution in [0, 0.1) is 23.5 Å². The number of hydrogen-bond acceptors (Lipinski definition) is 9. The average Bonchev–Trinajstić information content (AvgIpc) is 3.56. The van der Waals surface area contributed by atoms with Gasteiger partial charge < -0.3 is 29.3 Å². The Balaban J connectivity index is 0.000000166. The van der Waals surface area contributed by atoms with E-state index in [1.165, 1.54) is 24.3 Å². The van der Waals surface area contributed by atoms with Gasteiger partial charge in [0.05, 0.1) is 12.5 Å². The molecular weight excluding hydrogens is 534 g/mol. The molecule has 11 heteroatoms. The molecule has 0 aliphatic heterocycles. The minimum absolute atomic E-state index is 0.00396. The lowest BCUT2D eigenvalue weighted by Gasteiger charge is -2.27. The van der Waals surface area contributed by atoms with Crippen LogP contribution in [0.25, 0.3) is 22.2 Å². The molecule has 4 aromatic rings. The van der Waals surface area contributed by atoms with Crippen LogP contribution in [0.1, 0.15) is 58.3 Å². The van der Waals surface area contributed by atoms with Gasteiger partial charge in [0.1, 0.15) is 22.7 Å². The number of esters is 1. The summed E-state index contributed by atoms with van der Waals surface area (Å²) in [6.07, 6.45) is 7.34. The Kier molecular flexibility index (Phi) is 9.33. The highest BCUT2D eigenvalue weighted by Crippen LogP contribution is 2.29. The van der Waals surface area contributed by atoms with Gasteiger partial charge in [-0.25, -0.2) is 8.78 Å². The van der Waals surface area contributed by atoms with Gasteiger partial charge in [-0.1, -0.05) is 0 Å². The third-order valence-electron chi connectivity index (χ3n) is 7.81. The Labute approximate surface area is 236 Å². The number of aliphatic hydroxyl groups excluding tert-OH is 1. The average molecular weight is 571 g/mol. The lowest BCUT2D eigenvalue weighted by atomic mass is 9.86. The number of nitrogens with zero attached hydrogens (tertiary/aromatic N) is 2. The molecule has 2 aromatic carbocycles. The van der Waals surface area contributed by atoms with Crippen molar-refractivity contribution in [3.05, 3.63) is 48.0 Å². The largest absolute Gasteiger partial charge is 0.466 e. The number of oxazole rings is 2. The summed E-state index contributed by atoms with van der Waals surface area (Å²) >= 11 is 0. The van der Waals surface area contributed by atoms with E-state index in [1.54, 1.807) is 12.1 Å². The van der Waals surface area contributed by atoms with Crippen LogP contribution in [-0.2, 0) is 9.53 Å². The van der Waals surface area contributed by atoms with Gasteiger partial charge >= 0.3 is 5.97 Å². The highest BCUT2D eigenvalue weighted by molar-refractivity contribution is 5.75. The number of rotatable bonds is 7. The number of benzene rings is 2. The number of ether oxygens (including phenoxy) is 1. The molecule has 2 heterocycles. The van der Waals surface area contributed by atoms with Crippen LogP contribution in [0.15, 0.2) is 45.2 Å². The number of carbonyl (C=O) groups excluding carboxylic acids is 1. The van der Waals surface area contributed by atoms with Crippen LogP contribution in [0.4, 0.5) is 20.8 Å². The fraction of sp³-hybridized carbons (Fsp3) is 0.500. The van der Waals surface area contributed by atoms with Crippen LogP contribution in [0.3, 0.4) is 0 Å². The lowest BCUT2D eigenvalue weighted by Crippen LogP contribution is -2.30. The van der Waals surface area contributed by atoms with E-state index in [1.807, 2.05) is 6.92 Å². The maximum Gasteiger partial charge on any atom is 0.308 e. The van der Waals surface area contributed by atoms with Crippen molar-refractivity contribution in [1.29, 1.82) is 0 Å². The Hall–Kier alpha value is -3.73. The van der Waals surface area contributed by atoms with Crippen molar-refractivity contribution in [2.24, 2.45) is 11.8 Å². The second-order valence-corrected chi connectivity index (χ2v) is 10.8. The topological polar surface area (TPSA) is 123 Å². The maximum atomic E-state index is 13.1. The summed E-state index contributed by atoms with van der Waals surface area (Å²) in [5.41, 5.74) is 2.19. The minimum atomic E-state index is -0.342. The molecule has 3 N–H and O–H groups in total. The Morgan fingerprint density at radius 1 is 0.854 bits per heavy atom. The van der Waals surface area contributed by atoms with Crippen molar-refractivity contribution < 1.29 is 32.3 Å². The van der Waals surface area contributed by atoms with Crippen molar-refractivity contribution in [2.45, 2.75) is 70.4 Å². The zero-order chi connectivity index (χ0) is 28.8. The zero-order valence-corrected chi connectivity index (χ0v) is 23.1. The number of aromatic nitrogens is 2. The van der Waals surface area contributed by atoms with E-state index in [0.29, 0.717) is 52.8 Å². The first-order chi connectivity index (χ1) is 19.9. The van der Waals surface area contributed by atoms with Crippen molar-refractivity contribution in [3.8, 4) is 0 Å². The molecule has 0 saturated heterocycles. The molecule has 2 aliphatic rings. The maximum absolute atomic E-state index is 13.1. The zero-order valence-electron chi connectivity index (χ0n) is 23.1. The summed E-state index contributed by atoms with van der Waals surface area (Å²) in [5, 5.41) is 15.6. The third kappa shape index (κ3) is 7.52. The Bertz CT molecular complexity index is 1440. The summed E-state index contributed by atoms with van der Waals surface area (Å²) in [5.74, 6) is -0.339. The summed E-state index contributed by atoms with van der Waals surface area (Å²) in [4.78, 5) is 20.3. The molecule has 0 atom stereocenters. The molecule has 2 aromatic heterocycles. The summed E-state index contributed by atoms with van der Waals surface area (Å²) in [6.45, 7) is 2.52. The molecule has 0 spiro atoms. The van der Waals surface area contributed by atoms with Crippen LogP contribution in [-0.4, -0.2) is 46.3 Å². The van der Waals surface area contributed by atoms with Gasteiger partial charge in [-0.2, -0.15) is 9.97 Å². The quantitative estimate of drug-likeness (QED) is 0.216. The fourth-order valence-corrected chi connectivity index (χ4v) is 5.49. The number of halogens is 2. The van der Waals surface area contributed by atoms with Crippen molar-refractivity contribution in [3.63, 3.8) is 0 Å². The first-order valence-corrected chi connectivity index (χ1v) is 14.3. The number of fused-ring (bicyclic) bond motifs is 2. The van der Waals surface area contributed by atoms with Gasteiger partial charge in [-0.15, -0.1) is 0 Å². The number of aliphatic hydroxyl groups is 1.